The Labute approximate surface area is 95.8 Å². The molecular weight excluding hydrogens is 212 g/mol. The molecule has 0 aliphatic heterocycles. The Morgan fingerprint density at radius 3 is 2.21 bits per heavy atom. The Kier molecular flexibility index (Phi) is 4.16. The highest BCUT2D eigenvalue weighted by Gasteiger charge is 2.07. The van der Waals surface area contributed by atoms with Crippen LogP contribution in [0.1, 0.15) is 6.42 Å². The maximum atomic E-state index is 5.14. The third kappa shape index (κ3) is 2.83. The van der Waals surface area contributed by atoms with Crippen molar-refractivity contribution in [2.24, 2.45) is 0 Å². The lowest BCUT2D eigenvalue weighted by Crippen LogP contribution is -2.24. The first-order valence-electron chi connectivity index (χ1n) is 4.68. The number of anilines is 1. The van der Waals surface area contributed by atoms with Crippen molar-refractivity contribution in [3.8, 4) is 0 Å². The molecule has 0 saturated heterocycles. The molecule has 0 heterocycles. The molecule has 0 saturated carbocycles. The Morgan fingerprint density at radius 2 is 1.79 bits per heavy atom. The first-order chi connectivity index (χ1) is 6.52. The van der Waals surface area contributed by atoms with Crippen molar-refractivity contribution < 1.29 is 0 Å². The quantitative estimate of drug-likeness (QED) is 0.714. The van der Waals surface area contributed by atoms with Gasteiger partial charge in [0, 0.05) is 13.6 Å². The molecule has 0 aliphatic carbocycles. The first kappa shape index (κ1) is 11.8. The van der Waals surface area contributed by atoms with Crippen molar-refractivity contribution in [2.45, 2.75) is 6.42 Å². The molecule has 0 aromatic heterocycles. The van der Waals surface area contributed by atoms with E-state index in [-0.39, 0.29) is 0 Å². The van der Waals surface area contributed by atoms with Crippen LogP contribution in [0.5, 0.6) is 0 Å². The molecule has 0 amide bonds. The molecule has 1 aromatic carbocycles. The molecule has 0 bridgehead atoms. The minimum absolute atomic E-state index is 0.828. The predicted molar refractivity (Wildman–Crippen MR) is 66.9 cm³/mol. The molecule has 0 spiro atoms. The summed E-state index contributed by atoms with van der Waals surface area (Å²) < 4.78 is 1.68. The predicted octanol–water partition coefficient (Wildman–Crippen LogP) is 2.41. The van der Waals surface area contributed by atoms with E-state index in [0.717, 1.165) is 34.2 Å². The number of hydrogen-bond donors (Lipinski definition) is 0. The molecule has 4 heteroatoms. The summed E-state index contributed by atoms with van der Waals surface area (Å²) in [6.07, 6.45) is 1.15. The monoisotopic (exact) mass is 228 g/mol. The second kappa shape index (κ2) is 4.96. The van der Waals surface area contributed by atoms with Gasteiger partial charge in [-0.05, 0) is 33.1 Å². The Morgan fingerprint density at radius 1 is 1.14 bits per heavy atom. The Bertz CT molecular complexity index is 364. The van der Waals surface area contributed by atoms with Crippen LogP contribution in [-0.2, 0) is 0 Å². The minimum Gasteiger partial charge on any atom is -0.373 e. The SMILES string of the molecule is CN(C)CCCN(C)c1cc(=S)c1=S. The summed E-state index contributed by atoms with van der Waals surface area (Å²) in [5, 5.41) is 0. The van der Waals surface area contributed by atoms with Gasteiger partial charge in [0.05, 0.1) is 14.7 Å². The van der Waals surface area contributed by atoms with Crippen LogP contribution in [0.3, 0.4) is 0 Å². The third-order valence-electron chi connectivity index (χ3n) is 2.23. The molecular formula is C10H16N2S2. The summed E-state index contributed by atoms with van der Waals surface area (Å²) in [7, 11) is 6.24. The second-order valence-electron chi connectivity index (χ2n) is 3.80. The summed E-state index contributed by atoms with van der Waals surface area (Å²) in [6.45, 7) is 2.14. The van der Waals surface area contributed by atoms with E-state index in [4.69, 9.17) is 24.4 Å². The summed E-state index contributed by atoms with van der Waals surface area (Å²) in [5.41, 5.74) is 1.13. The van der Waals surface area contributed by atoms with E-state index in [0.29, 0.717) is 0 Å². The van der Waals surface area contributed by atoms with Gasteiger partial charge < -0.3 is 9.80 Å². The average molecular weight is 228 g/mol. The summed E-state index contributed by atoms with van der Waals surface area (Å²) in [6, 6.07) is 1.98. The topological polar surface area (TPSA) is 6.48 Å². The molecule has 1 aromatic rings. The van der Waals surface area contributed by atoms with E-state index in [1.54, 1.807) is 0 Å². The Balaban J connectivity index is 2.38. The fraction of sp³-hybridized carbons (Fsp3) is 0.600. The van der Waals surface area contributed by atoms with Gasteiger partial charge >= 0.3 is 0 Å². The Hall–Kier alpha value is -0.320. The summed E-state index contributed by atoms with van der Waals surface area (Å²) >= 11 is 10.1. The molecule has 0 aliphatic rings. The lowest BCUT2D eigenvalue weighted by atomic mass is 10.2. The molecule has 78 valence electrons. The van der Waals surface area contributed by atoms with Crippen LogP contribution >= 0.6 is 24.4 Å². The van der Waals surface area contributed by atoms with Crippen molar-refractivity contribution in [1.29, 1.82) is 0 Å². The zero-order chi connectivity index (χ0) is 10.7. The lowest BCUT2D eigenvalue weighted by molar-refractivity contribution is 0.401. The van der Waals surface area contributed by atoms with Gasteiger partial charge in [-0.1, -0.05) is 24.4 Å². The van der Waals surface area contributed by atoms with Gasteiger partial charge in [-0.15, -0.1) is 0 Å². The average Bonchev–Trinajstić information content (AvgIpc) is 2.12. The van der Waals surface area contributed by atoms with Crippen molar-refractivity contribution in [2.75, 3.05) is 39.1 Å². The normalized spacial score (nSPS) is 11.1. The van der Waals surface area contributed by atoms with Gasteiger partial charge in [-0.2, -0.15) is 0 Å². The van der Waals surface area contributed by atoms with Crippen LogP contribution in [0.25, 0.3) is 0 Å². The van der Waals surface area contributed by atoms with E-state index in [1.807, 2.05) is 6.07 Å². The molecule has 0 atom stereocenters. The highest BCUT2D eigenvalue weighted by molar-refractivity contribution is 7.74. The maximum absolute atomic E-state index is 5.14. The largest absolute Gasteiger partial charge is 0.373 e. The molecule has 2 nitrogen and oxygen atoms in total. The van der Waals surface area contributed by atoms with Gasteiger partial charge in [0.1, 0.15) is 0 Å². The van der Waals surface area contributed by atoms with Crippen molar-refractivity contribution >= 4 is 30.1 Å². The molecule has 0 N–H and O–H groups in total. The zero-order valence-corrected chi connectivity index (χ0v) is 10.5. The van der Waals surface area contributed by atoms with E-state index in [2.05, 4.69) is 30.9 Å². The van der Waals surface area contributed by atoms with Crippen molar-refractivity contribution in [3.05, 3.63) is 15.1 Å². The summed E-state index contributed by atoms with van der Waals surface area (Å²) in [5.74, 6) is 0. The molecule has 14 heavy (non-hydrogen) atoms. The van der Waals surface area contributed by atoms with E-state index in [9.17, 15) is 0 Å². The number of nitrogens with zero attached hydrogens (tertiary/aromatic N) is 2. The van der Waals surface area contributed by atoms with E-state index in [1.165, 1.54) is 0 Å². The third-order valence-corrected chi connectivity index (χ3v) is 3.11. The van der Waals surface area contributed by atoms with Crippen LogP contribution in [0.15, 0.2) is 6.07 Å². The van der Waals surface area contributed by atoms with Crippen LogP contribution in [-0.4, -0.2) is 39.1 Å². The smallest absolute Gasteiger partial charge is 0.0792 e. The summed E-state index contributed by atoms with van der Waals surface area (Å²) in [4.78, 5) is 4.37. The van der Waals surface area contributed by atoms with Crippen LogP contribution < -0.4 is 4.90 Å². The number of hydrogen-bond acceptors (Lipinski definition) is 4. The van der Waals surface area contributed by atoms with E-state index < -0.39 is 0 Å². The molecule has 1 rings (SSSR count). The zero-order valence-electron chi connectivity index (χ0n) is 8.91. The minimum atomic E-state index is 0.828. The first-order valence-corrected chi connectivity index (χ1v) is 5.50. The molecule has 0 fully saturated rings. The fourth-order valence-corrected chi connectivity index (χ4v) is 1.82. The highest BCUT2D eigenvalue weighted by Crippen LogP contribution is 2.21. The van der Waals surface area contributed by atoms with Crippen molar-refractivity contribution in [3.63, 3.8) is 0 Å². The van der Waals surface area contributed by atoms with Crippen LogP contribution in [0.4, 0.5) is 5.69 Å². The number of rotatable bonds is 5. The highest BCUT2D eigenvalue weighted by atomic mass is 32.1. The van der Waals surface area contributed by atoms with Gasteiger partial charge in [-0.3, -0.25) is 0 Å². The molecule has 0 radical (unpaired) electrons. The van der Waals surface area contributed by atoms with Gasteiger partial charge in [0.25, 0.3) is 0 Å². The maximum Gasteiger partial charge on any atom is 0.0792 e. The van der Waals surface area contributed by atoms with Gasteiger partial charge in [0.15, 0.2) is 0 Å². The van der Waals surface area contributed by atoms with Crippen molar-refractivity contribution in [1.82, 2.24) is 4.90 Å². The van der Waals surface area contributed by atoms with Gasteiger partial charge in [0.2, 0.25) is 0 Å². The standard InChI is InChI=1S/C10H16N2S2/c1-11(2)5-4-6-12(3)8-7-9(13)10(8)14/h7H,4-6H2,1-3H3. The fourth-order valence-electron chi connectivity index (χ4n) is 1.33. The van der Waals surface area contributed by atoms with E-state index >= 15 is 0 Å². The van der Waals surface area contributed by atoms with Gasteiger partial charge in [-0.25, -0.2) is 0 Å². The van der Waals surface area contributed by atoms with Crippen LogP contribution in [0, 0.1) is 9.02 Å². The molecule has 0 unspecified atom stereocenters. The second-order valence-corrected chi connectivity index (χ2v) is 4.65. The lowest BCUT2D eigenvalue weighted by Gasteiger charge is -2.22. The van der Waals surface area contributed by atoms with Crippen LogP contribution in [0.2, 0.25) is 0 Å².